The lowest BCUT2D eigenvalue weighted by molar-refractivity contribution is -0.121. The second-order valence-electron chi connectivity index (χ2n) is 8.68. The minimum atomic E-state index is 0.00345. The first-order valence-corrected chi connectivity index (χ1v) is 11.8. The highest BCUT2D eigenvalue weighted by Crippen LogP contribution is 2.31. The minimum absolute atomic E-state index is 0.00345. The molecular weight excluding hydrogens is 418 g/mol. The number of nitrogens with one attached hydrogen (secondary N) is 1. The molecular formula is C27H28ClN3O. The molecule has 1 saturated heterocycles. The topological polar surface area (TPSA) is 37.3 Å². The summed E-state index contributed by atoms with van der Waals surface area (Å²) in [6.45, 7) is 5.74. The molecule has 1 atom stereocenters. The van der Waals surface area contributed by atoms with Crippen molar-refractivity contribution in [3.05, 3.63) is 77.3 Å². The molecule has 0 saturated carbocycles. The average Bonchev–Trinajstić information content (AvgIpc) is 3.14. The minimum Gasteiger partial charge on any atom is -0.341 e. The number of nitrogens with zero attached hydrogens (tertiary/aromatic N) is 2. The van der Waals surface area contributed by atoms with E-state index in [9.17, 15) is 4.79 Å². The second kappa shape index (κ2) is 8.97. The van der Waals surface area contributed by atoms with Crippen LogP contribution in [-0.4, -0.2) is 28.5 Å². The Hall–Kier alpha value is -2.82. The number of carbonyl (C=O) groups excluding carboxylic acids is 1. The van der Waals surface area contributed by atoms with Crippen LogP contribution in [0, 0.1) is 5.92 Å². The maximum absolute atomic E-state index is 13.1. The summed E-state index contributed by atoms with van der Waals surface area (Å²) in [6, 6.07) is 22.7. The first-order chi connectivity index (χ1) is 15.6. The van der Waals surface area contributed by atoms with Crippen molar-refractivity contribution in [3.8, 4) is 0 Å². The molecule has 1 aromatic heterocycles. The highest BCUT2D eigenvalue weighted by Gasteiger charge is 2.26. The number of aromatic nitrogens is 1. The van der Waals surface area contributed by atoms with Crippen LogP contribution in [0.1, 0.15) is 25.3 Å². The van der Waals surface area contributed by atoms with Gasteiger partial charge in [-0.2, -0.15) is 0 Å². The number of hydrogen-bond donors (Lipinski definition) is 1. The normalized spacial score (nSPS) is 17.1. The largest absolute Gasteiger partial charge is 0.341 e. The van der Waals surface area contributed by atoms with Gasteiger partial charge >= 0.3 is 0 Å². The van der Waals surface area contributed by atoms with Gasteiger partial charge in [0.15, 0.2) is 0 Å². The van der Waals surface area contributed by atoms with Crippen LogP contribution in [0.3, 0.4) is 0 Å². The van der Waals surface area contributed by atoms with Crippen molar-refractivity contribution in [2.24, 2.45) is 5.92 Å². The van der Waals surface area contributed by atoms with Gasteiger partial charge in [-0.1, -0.05) is 41.9 Å². The Balaban J connectivity index is 1.32. The lowest BCUT2D eigenvalue weighted by atomic mass is 9.96. The number of carbonyl (C=O) groups is 1. The van der Waals surface area contributed by atoms with Crippen LogP contribution in [0.25, 0.3) is 21.8 Å². The number of anilines is 1. The number of hydrogen-bond acceptors (Lipinski definition) is 2. The molecule has 4 nitrogen and oxygen atoms in total. The number of rotatable bonds is 5. The molecule has 1 fully saturated rings. The Labute approximate surface area is 193 Å². The van der Waals surface area contributed by atoms with Crippen LogP contribution >= 0.6 is 11.6 Å². The number of aryl methyl sites for hydroxylation is 1. The Morgan fingerprint density at radius 2 is 1.81 bits per heavy atom. The standard InChI is InChI=1S/C27H28ClN3O/c1-2-31-25-8-4-3-7-23(25)24-16-22(13-14-26(24)31)29-27(32)20-6-5-15-30(18-20)17-19-9-11-21(28)12-10-19/h3-4,7-14,16,20H,2,5-6,15,17-18H2,1H3,(H,29,32). The van der Waals surface area contributed by atoms with Gasteiger partial charge in [-0.05, 0) is 68.3 Å². The Morgan fingerprint density at radius 1 is 1.03 bits per heavy atom. The molecule has 0 bridgehead atoms. The third-order valence-electron chi connectivity index (χ3n) is 6.55. The lowest BCUT2D eigenvalue weighted by Gasteiger charge is -2.32. The third kappa shape index (κ3) is 4.13. The fourth-order valence-corrected chi connectivity index (χ4v) is 5.10. The van der Waals surface area contributed by atoms with Crippen LogP contribution in [-0.2, 0) is 17.9 Å². The Kier molecular flexibility index (Phi) is 5.90. The fourth-order valence-electron chi connectivity index (χ4n) is 4.98. The van der Waals surface area contributed by atoms with Crippen molar-refractivity contribution >= 4 is 45.0 Å². The number of fused-ring (bicyclic) bond motifs is 3. The zero-order chi connectivity index (χ0) is 22.1. The van der Waals surface area contributed by atoms with Crippen molar-refractivity contribution in [1.29, 1.82) is 0 Å². The fraction of sp³-hybridized carbons (Fsp3) is 0.296. The van der Waals surface area contributed by atoms with Gasteiger partial charge in [0, 0.05) is 52.2 Å². The summed E-state index contributed by atoms with van der Waals surface area (Å²) in [5.41, 5.74) is 4.54. The molecule has 1 amide bonds. The van der Waals surface area contributed by atoms with E-state index in [2.05, 4.69) is 70.2 Å². The number of benzene rings is 3. The van der Waals surface area contributed by atoms with Gasteiger partial charge in [0.1, 0.15) is 0 Å². The van der Waals surface area contributed by atoms with Crippen LogP contribution in [0.4, 0.5) is 5.69 Å². The van der Waals surface area contributed by atoms with Crippen molar-refractivity contribution in [2.45, 2.75) is 32.9 Å². The zero-order valence-corrected chi connectivity index (χ0v) is 19.1. The third-order valence-corrected chi connectivity index (χ3v) is 6.80. The maximum Gasteiger partial charge on any atom is 0.228 e. The number of halogens is 1. The number of para-hydroxylation sites is 1. The van der Waals surface area contributed by atoms with Gasteiger partial charge in [-0.25, -0.2) is 0 Å². The summed E-state index contributed by atoms with van der Waals surface area (Å²) in [7, 11) is 0. The van der Waals surface area contributed by atoms with Crippen LogP contribution in [0.5, 0.6) is 0 Å². The molecule has 3 aromatic carbocycles. The number of amides is 1. The van der Waals surface area contributed by atoms with Crippen LogP contribution in [0.2, 0.25) is 5.02 Å². The quantitative estimate of drug-likeness (QED) is 0.390. The van der Waals surface area contributed by atoms with E-state index in [-0.39, 0.29) is 11.8 Å². The van der Waals surface area contributed by atoms with E-state index in [1.54, 1.807) is 0 Å². The summed E-state index contributed by atoms with van der Waals surface area (Å²) in [5, 5.41) is 6.37. The molecule has 32 heavy (non-hydrogen) atoms. The molecule has 0 radical (unpaired) electrons. The molecule has 4 aromatic rings. The summed E-state index contributed by atoms with van der Waals surface area (Å²) >= 11 is 6.01. The van der Waals surface area contributed by atoms with E-state index >= 15 is 0 Å². The molecule has 164 valence electrons. The van der Waals surface area contributed by atoms with Gasteiger partial charge < -0.3 is 9.88 Å². The molecule has 1 aliphatic heterocycles. The summed E-state index contributed by atoms with van der Waals surface area (Å²) in [5.74, 6) is 0.119. The first kappa shape index (κ1) is 21.0. The highest BCUT2D eigenvalue weighted by molar-refractivity contribution is 6.30. The summed E-state index contributed by atoms with van der Waals surface area (Å²) in [4.78, 5) is 15.5. The van der Waals surface area contributed by atoms with Gasteiger partial charge in [0.2, 0.25) is 5.91 Å². The SMILES string of the molecule is CCn1c2ccccc2c2cc(NC(=O)C3CCCN(Cc4ccc(Cl)cc4)C3)ccc21. The Bertz CT molecular complexity index is 1260. The molecule has 1 N–H and O–H groups in total. The van der Waals surface area contributed by atoms with Gasteiger partial charge in [-0.15, -0.1) is 0 Å². The molecule has 5 heteroatoms. The summed E-state index contributed by atoms with van der Waals surface area (Å²) in [6.07, 6.45) is 1.97. The van der Waals surface area contributed by atoms with E-state index < -0.39 is 0 Å². The van der Waals surface area contributed by atoms with Crippen LogP contribution in [0.15, 0.2) is 66.7 Å². The number of piperidine rings is 1. The molecule has 1 unspecified atom stereocenters. The Morgan fingerprint density at radius 3 is 2.62 bits per heavy atom. The van der Waals surface area contributed by atoms with Gasteiger partial charge in [0.05, 0.1) is 5.92 Å². The van der Waals surface area contributed by atoms with Crippen LogP contribution < -0.4 is 5.32 Å². The van der Waals surface area contributed by atoms with Crippen molar-refractivity contribution in [3.63, 3.8) is 0 Å². The predicted molar refractivity (Wildman–Crippen MR) is 133 cm³/mol. The van der Waals surface area contributed by atoms with E-state index in [1.165, 1.54) is 27.4 Å². The van der Waals surface area contributed by atoms with E-state index in [0.717, 1.165) is 49.7 Å². The monoisotopic (exact) mass is 445 g/mol. The molecule has 2 heterocycles. The van der Waals surface area contributed by atoms with E-state index in [1.807, 2.05) is 18.2 Å². The first-order valence-electron chi connectivity index (χ1n) is 11.4. The van der Waals surface area contributed by atoms with Crippen molar-refractivity contribution < 1.29 is 4.79 Å². The average molecular weight is 446 g/mol. The maximum atomic E-state index is 13.1. The molecule has 5 rings (SSSR count). The molecule has 1 aliphatic rings. The number of likely N-dealkylation sites (tertiary alicyclic amines) is 1. The lowest BCUT2D eigenvalue weighted by Crippen LogP contribution is -2.40. The molecule has 0 spiro atoms. The van der Waals surface area contributed by atoms with E-state index in [4.69, 9.17) is 11.6 Å². The predicted octanol–water partition coefficient (Wildman–Crippen LogP) is 6.32. The van der Waals surface area contributed by atoms with Crippen molar-refractivity contribution in [1.82, 2.24) is 9.47 Å². The smallest absolute Gasteiger partial charge is 0.228 e. The zero-order valence-electron chi connectivity index (χ0n) is 18.4. The molecule has 0 aliphatic carbocycles. The van der Waals surface area contributed by atoms with E-state index in [0.29, 0.717) is 0 Å². The van der Waals surface area contributed by atoms with Gasteiger partial charge in [0.25, 0.3) is 0 Å². The van der Waals surface area contributed by atoms with Gasteiger partial charge in [-0.3, -0.25) is 9.69 Å². The highest BCUT2D eigenvalue weighted by atomic mass is 35.5. The van der Waals surface area contributed by atoms with Crippen molar-refractivity contribution in [2.75, 3.05) is 18.4 Å². The summed E-state index contributed by atoms with van der Waals surface area (Å²) < 4.78 is 2.33. The second-order valence-corrected chi connectivity index (χ2v) is 9.12.